The van der Waals surface area contributed by atoms with Gasteiger partial charge in [-0.1, -0.05) is 85.8 Å². The summed E-state index contributed by atoms with van der Waals surface area (Å²) in [7, 11) is 0. The Kier molecular flexibility index (Phi) is 9.43. The van der Waals surface area contributed by atoms with Crippen molar-refractivity contribution < 1.29 is 9.59 Å². The molecule has 1 atom stereocenters. The summed E-state index contributed by atoms with van der Waals surface area (Å²) in [5.74, 6) is -0.201. The van der Waals surface area contributed by atoms with Crippen molar-refractivity contribution in [2.45, 2.75) is 70.4 Å². The highest BCUT2D eigenvalue weighted by Gasteiger charge is 2.30. The molecule has 0 aromatic heterocycles. The smallest absolute Gasteiger partial charge is 0.243 e. The Morgan fingerprint density at radius 1 is 1.00 bits per heavy atom. The second kappa shape index (κ2) is 12.3. The van der Waals surface area contributed by atoms with Crippen molar-refractivity contribution in [3.05, 3.63) is 69.7 Å². The lowest BCUT2D eigenvalue weighted by Gasteiger charge is -2.33. The summed E-state index contributed by atoms with van der Waals surface area (Å²) in [6, 6.07) is 14.9. The molecule has 2 amide bonds. The van der Waals surface area contributed by atoms with Crippen molar-refractivity contribution in [2.75, 3.05) is 6.54 Å². The van der Waals surface area contributed by atoms with Crippen LogP contribution in [0.1, 0.15) is 56.6 Å². The second-order valence-electron chi connectivity index (χ2n) is 8.47. The topological polar surface area (TPSA) is 49.4 Å². The molecule has 0 bridgehead atoms. The standard InChI is InChI=1S/C26H32Cl2N2O2/c1-2-24(26(32)29-20-12-7-4-8-13-20)30(17-16-19-10-5-3-6-11-19)25(31)18-21-22(27)14-9-15-23(21)28/h3,5-6,9-11,14-15,20,24H,2,4,7-8,12-13,16-18H2,1H3,(H,29,32)/t24-/m0/s1. The van der Waals surface area contributed by atoms with Crippen LogP contribution in [0.4, 0.5) is 0 Å². The molecule has 0 aliphatic heterocycles. The molecule has 0 unspecified atom stereocenters. The third kappa shape index (κ3) is 6.73. The zero-order chi connectivity index (χ0) is 22.9. The van der Waals surface area contributed by atoms with E-state index in [0.717, 1.165) is 31.2 Å². The van der Waals surface area contributed by atoms with Crippen LogP contribution in [0.2, 0.25) is 10.0 Å². The third-order valence-corrected chi connectivity index (χ3v) is 6.92. The maximum atomic E-state index is 13.5. The summed E-state index contributed by atoms with van der Waals surface area (Å²) >= 11 is 12.6. The van der Waals surface area contributed by atoms with Crippen LogP contribution >= 0.6 is 23.2 Å². The number of nitrogens with zero attached hydrogens (tertiary/aromatic N) is 1. The summed E-state index contributed by atoms with van der Waals surface area (Å²) in [6.07, 6.45) is 6.83. The van der Waals surface area contributed by atoms with Gasteiger partial charge < -0.3 is 10.2 Å². The molecule has 0 radical (unpaired) electrons. The van der Waals surface area contributed by atoms with E-state index in [4.69, 9.17) is 23.2 Å². The van der Waals surface area contributed by atoms with Gasteiger partial charge in [-0.2, -0.15) is 0 Å². The molecule has 1 aliphatic rings. The van der Waals surface area contributed by atoms with Crippen LogP contribution in [0.15, 0.2) is 48.5 Å². The second-order valence-corrected chi connectivity index (χ2v) is 9.28. The first-order chi connectivity index (χ1) is 15.5. The minimum Gasteiger partial charge on any atom is -0.352 e. The summed E-state index contributed by atoms with van der Waals surface area (Å²) in [4.78, 5) is 28.4. The number of hydrogen-bond donors (Lipinski definition) is 1. The number of carbonyl (C=O) groups is 2. The molecule has 1 saturated carbocycles. The lowest BCUT2D eigenvalue weighted by molar-refractivity contribution is -0.140. The van der Waals surface area contributed by atoms with Gasteiger partial charge in [-0.05, 0) is 48.9 Å². The van der Waals surface area contributed by atoms with Crippen molar-refractivity contribution in [2.24, 2.45) is 0 Å². The monoisotopic (exact) mass is 474 g/mol. The predicted octanol–water partition coefficient (Wildman–Crippen LogP) is 5.83. The van der Waals surface area contributed by atoms with Gasteiger partial charge in [-0.15, -0.1) is 0 Å². The fraction of sp³-hybridized carbons (Fsp3) is 0.462. The maximum absolute atomic E-state index is 13.5. The molecule has 1 N–H and O–H groups in total. The SMILES string of the molecule is CC[C@@H](C(=O)NC1CCCCC1)N(CCc1ccccc1)C(=O)Cc1c(Cl)cccc1Cl. The van der Waals surface area contributed by atoms with Crippen molar-refractivity contribution in [3.8, 4) is 0 Å². The van der Waals surface area contributed by atoms with Gasteiger partial charge in [0.25, 0.3) is 0 Å². The number of hydrogen-bond acceptors (Lipinski definition) is 2. The first-order valence-corrected chi connectivity index (χ1v) is 12.3. The molecule has 1 aliphatic carbocycles. The Morgan fingerprint density at radius 3 is 2.28 bits per heavy atom. The molecule has 6 heteroatoms. The first kappa shape index (κ1) is 24.6. The third-order valence-electron chi connectivity index (χ3n) is 6.21. The summed E-state index contributed by atoms with van der Waals surface area (Å²) in [6.45, 7) is 2.41. The summed E-state index contributed by atoms with van der Waals surface area (Å²) in [5.41, 5.74) is 1.73. The molecule has 4 nitrogen and oxygen atoms in total. The van der Waals surface area contributed by atoms with E-state index in [1.165, 1.54) is 6.42 Å². The van der Waals surface area contributed by atoms with Gasteiger partial charge in [-0.3, -0.25) is 9.59 Å². The van der Waals surface area contributed by atoms with E-state index >= 15 is 0 Å². The summed E-state index contributed by atoms with van der Waals surface area (Å²) < 4.78 is 0. The molecule has 2 aromatic rings. The summed E-state index contributed by atoms with van der Waals surface area (Å²) in [5, 5.41) is 4.14. The molecule has 172 valence electrons. The molecule has 0 heterocycles. The van der Waals surface area contributed by atoms with Gasteiger partial charge >= 0.3 is 0 Å². The number of rotatable bonds is 9. The number of benzene rings is 2. The van der Waals surface area contributed by atoms with Crippen LogP contribution < -0.4 is 5.32 Å². The van der Waals surface area contributed by atoms with Crippen LogP contribution in [0.3, 0.4) is 0 Å². The molecule has 32 heavy (non-hydrogen) atoms. The van der Waals surface area contributed by atoms with E-state index in [1.54, 1.807) is 23.1 Å². The zero-order valence-corrected chi connectivity index (χ0v) is 20.2. The van der Waals surface area contributed by atoms with Crippen molar-refractivity contribution >= 4 is 35.0 Å². The molecule has 0 saturated heterocycles. The molecule has 1 fully saturated rings. The highest BCUT2D eigenvalue weighted by atomic mass is 35.5. The van der Waals surface area contributed by atoms with E-state index in [2.05, 4.69) is 5.32 Å². The number of carbonyl (C=O) groups excluding carboxylic acids is 2. The van der Waals surface area contributed by atoms with Gasteiger partial charge in [0, 0.05) is 22.6 Å². The maximum Gasteiger partial charge on any atom is 0.243 e. The minimum atomic E-state index is -0.519. The Hall–Kier alpha value is -2.04. The van der Waals surface area contributed by atoms with Crippen molar-refractivity contribution in [1.29, 1.82) is 0 Å². The largest absolute Gasteiger partial charge is 0.352 e. The number of nitrogens with one attached hydrogen (secondary N) is 1. The lowest BCUT2D eigenvalue weighted by Crippen LogP contribution is -2.52. The fourth-order valence-corrected chi connectivity index (χ4v) is 4.93. The number of amides is 2. The van der Waals surface area contributed by atoms with Gasteiger partial charge in [-0.25, -0.2) is 0 Å². The minimum absolute atomic E-state index is 0.0638. The average Bonchev–Trinajstić information content (AvgIpc) is 2.80. The van der Waals surface area contributed by atoms with Crippen molar-refractivity contribution in [3.63, 3.8) is 0 Å². The van der Waals surface area contributed by atoms with Gasteiger partial charge in [0.15, 0.2) is 0 Å². The molecular weight excluding hydrogens is 443 g/mol. The highest BCUT2D eigenvalue weighted by molar-refractivity contribution is 6.36. The van der Waals surface area contributed by atoms with E-state index < -0.39 is 6.04 Å². The lowest BCUT2D eigenvalue weighted by atomic mass is 9.95. The zero-order valence-electron chi connectivity index (χ0n) is 18.7. The van der Waals surface area contributed by atoms with Gasteiger partial charge in [0.05, 0.1) is 6.42 Å². The van der Waals surface area contributed by atoms with Crippen LogP contribution in [-0.2, 0) is 22.4 Å². The van der Waals surface area contributed by atoms with E-state index in [1.807, 2.05) is 37.3 Å². The van der Waals surface area contributed by atoms with Crippen LogP contribution in [-0.4, -0.2) is 35.3 Å². The molecule has 3 rings (SSSR count). The normalized spacial score (nSPS) is 15.2. The van der Waals surface area contributed by atoms with Crippen LogP contribution in [0.5, 0.6) is 0 Å². The van der Waals surface area contributed by atoms with Gasteiger partial charge in [0.2, 0.25) is 11.8 Å². The highest BCUT2D eigenvalue weighted by Crippen LogP contribution is 2.26. The van der Waals surface area contributed by atoms with E-state index in [-0.39, 0.29) is 24.3 Å². The Bertz CT molecular complexity index is 878. The Balaban J connectivity index is 1.78. The van der Waals surface area contributed by atoms with E-state index in [0.29, 0.717) is 35.0 Å². The van der Waals surface area contributed by atoms with Crippen molar-refractivity contribution in [1.82, 2.24) is 10.2 Å². The Labute approximate surface area is 201 Å². The predicted molar refractivity (Wildman–Crippen MR) is 131 cm³/mol. The fourth-order valence-electron chi connectivity index (χ4n) is 4.39. The first-order valence-electron chi connectivity index (χ1n) is 11.6. The van der Waals surface area contributed by atoms with Gasteiger partial charge in [0.1, 0.15) is 6.04 Å². The van der Waals surface area contributed by atoms with E-state index in [9.17, 15) is 9.59 Å². The van der Waals surface area contributed by atoms with Crippen LogP contribution in [0.25, 0.3) is 0 Å². The Morgan fingerprint density at radius 2 is 1.66 bits per heavy atom. The number of halogens is 2. The molecule has 0 spiro atoms. The van der Waals surface area contributed by atoms with Crippen LogP contribution in [0, 0.1) is 0 Å². The quantitative estimate of drug-likeness (QED) is 0.496. The average molecular weight is 475 g/mol. The molecular formula is C26H32Cl2N2O2. The molecule has 2 aromatic carbocycles.